The van der Waals surface area contributed by atoms with Gasteiger partial charge in [0.05, 0.1) is 17.1 Å². The summed E-state index contributed by atoms with van der Waals surface area (Å²) >= 11 is 1.28. The fraction of sp³-hybridized carbons (Fsp3) is 0.143. The summed E-state index contributed by atoms with van der Waals surface area (Å²) in [5, 5.41) is 16.3. The van der Waals surface area contributed by atoms with Crippen molar-refractivity contribution in [3.05, 3.63) is 72.2 Å². The number of aryl methyl sites for hydroxylation is 1. The minimum absolute atomic E-state index is 0.161. The van der Waals surface area contributed by atoms with E-state index in [9.17, 15) is 9.18 Å². The van der Waals surface area contributed by atoms with E-state index in [0.717, 1.165) is 16.9 Å². The number of amides is 1. The third-order valence-electron chi connectivity index (χ3n) is 4.37. The molecule has 2 aromatic carbocycles. The summed E-state index contributed by atoms with van der Waals surface area (Å²) in [4.78, 5) is 12.5. The molecule has 0 spiro atoms. The first-order valence-electron chi connectivity index (χ1n) is 9.21. The molecule has 4 rings (SSSR count). The number of thioether (sulfide) groups is 1. The van der Waals surface area contributed by atoms with Gasteiger partial charge in [-0.25, -0.2) is 9.07 Å². The number of nitrogens with one attached hydrogen (secondary N) is 1. The van der Waals surface area contributed by atoms with Crippen molar-refractivity contribution in [1.29, 1.82) is 0 Å². The molecule has 0 aliphatic rings. The van der Waals surface area contributed by atoms with Gasteiger partial charge in [-0.05, 0) is 43.3 Å². The van der Waals surface area contributed by atoms with Crippen LogP contribution in [-0.4, -0.2) is 36.2 Å². The minimum atomic E-state index is -0.308. The van der Waals surface area contributed by atoms with Crippen molar-refractivity contribution in [2.45, 2.75) is 12.1 Å². The van der Waals surface area contributed by atoms with Crippen LogP contribution in [0.25, 0.3) is 17.1 Å². The molecule has 2 heterocycles. The van der Waals surface area contributed by atoms with E-state index in [1.54, 1.807) is 21.4 Å². The Morgan fingerprint density at radius 2 is 1.83 bits per heavy atom. The fourth-order valence-electron chi connectivity index (χ4n) is 2.95. The first kappa shape index (κ1) is 19.8. The molecule has 152 valence electrons. The van der Waals surface area contributed by atoms with Crippen molar-refractivity contribution in [2.75, 3.05) is 11.1 Å². The van der Waals surface area contributed by atoms with E-state index in [-0.39, 0.29) is 17.5 Å². The van der Waals surface area contributed by atoms with Crippen LogP contribution in [0.2, 0.25) is 0 Å². The normalized spacial score (nSPS) is 10.9. The molecule has 4 aromatic rings. The maximum Gasteiger partial charge on any atom is 0.236 e. The van der Waals surface area contributed by atoms with Crippen LogP contribution in [0.4, 0.5) is 10.2 Å². The van der Waals surface area contributed by atoms with Gasteiger partial charge in [-0.15, -0.1) is 10.2 Å². The quantitative estimate of drug-likeness (QED) is 0.478. The summed E-state index contributed by atoms with van der Waals surface area (Å²) in [6.07, 6.45) is 0. The summed E-state index contributed by atoms with van der Waals surface area (Å²) in [5.74, 6) is 0.888. The van der Waals surface area contributed by atoms with E-state index in [2.05, 4.69) is 20.6 Å². The van der Waals surface area contributed by atoms with Crippen molar-refractivity contribution in [1.82, 2.24) is 24.5 Å². The molecule has 1 amide bonds. The summed E-state index contributed by atoms with van der Waals surface area (Å²) < 4.78 is 16.6. The topological polar surface area (TPSA) is 77.6 Å². The number of rotatable bonds is 6. The summed E-state index contributed by atoms with van der Waals surface area (Å²) in [5.41, 5.74) is 2.43. The molecule has 0 radical (unpaired) electrons. The number of halogens is 1. The lowest BCUT2D eigenvalue weighted by Gasteiger charge is -2.09. The number of carbonyl (C=O) groups excluding carboxylic acids is 1. The van der Waals surface area contributed by atoms with Gasteiger partial charge in [-0.1, -0.05) is 30.0 Å². The largest absolute Gasteiger partial charge is 0.310 e. The van der Waals surface area contributed by atoms with E-state index in [1.165, 1.54) is 23.9 Å². The van der Waals surface area contributed by atoms with Gasteiger partial charge in [0.15, 0.2) is 11.0 Å². The number of hydrogen-bond acceptors (Lipinski definition) is 5. The van der Waals surface area contributed by atoms with Gasteiger partial charge in [0.1, 0.15) is 11.6 Å². The van der Waals surface area contributed by atoms with E-state index < -0.39 is 0 Å². The lowest BCUT2D eigenvalue weighted by atomic mass is 10.2. The molecule has 2 aromatic heterocycles. The predicted molar refractivity (Wildman–Crippen MR) is 114 cm³/mol. The van der Waals surface area contributed by atoms with Crippen LogP contribution in [0.3, 0.4) is 0 Å². The monoisotopic (exact) mass is 422 g/mol. The smallest absolute Gasteiger partial charge is 0.236 e. The van der Waals surface area contributed by atoms with Gasteiger partial charge in [0, 0.05) is 18.7 Å². The number of para-hydroxylation sites is 1. The molecule has 0 aliphatic carbocycles. The van der Waals surface area contributed by atoms with E-state index >= 15 is 0 Å². The Morgan fingerprint density at radius 1 is 1.10 bits per heavy atom. The van der Waals surface area contributed by atoms with Crippen LogP contribution in [-0.2, 0) is 11.8 Å². The second-order valence-electron chi connectivity index (χ2n) is 6.63. The van der Waals surface area contributed by atoms with Crippen molar-refractivity contribution >= 4 is 23.5 Å². The van der Waals surface area contributed by atoms with E-state index in [0.29, 0.717) is 16.8 Å². The average molecular weight is 422 g/mol. The third kappa shape index (κ3) is 4.25. The standard InChI is InChI=1S/C21H19FN6OS/c1-14-12-18(28(26-14)17-6-4-3-5-7-17)23-19(29)13-30-21-25-24-20(27(21)2)15-8-10-16(22)11-9-15/h3-12H,13H2,1-2H3,(H,23,29). The first-order chi connectivity index (χ1) is 14.5. The molecule has 0 aliphatic heterocycles. The zero-order valence-electron chi connectivity index (χ0n) is 16.4. The number of benzene rings is 2. The highest BCUT2D eigenvalue weighted by Gasteiger charge is 2.15. The Labute approximate surface area is 176 Å². The van der Waals surface area contributed by atoms with Gasteiger partial charge in [-0.3, -0.25) is 4.79 Å². The average Bonchev–Trinajstić information content (AvgIpc) is 3.30. The zero-order chi connectivity index (χ0) is 21.1. The third-order valence-corrected chi connectivity index (χ3v) is 5.39. The molecular weight excluding hydrogens is 403 g/mol. The molecule has 1 N–H and O–H groups in total. The minimum Gasteiger partial charge on any atom is -0.310 e. The van der Waals surface area contributed by atoms with Crippen LogP contribution in [0, 0.1) is 12.7 Å². The number of anilines is 1. The van der Waals surface area contributed by atoms with Crippen LogP contribution in [0.5, 0.6) is 0 Å². The van der Waals surface area contributed by atoms with Gasteiger partial charge in [-0.2, -0.15) is 5.10 Å². The Bertz CT molecular complexity index is 1170. The second kappa shape index (κ2) is 8.50. The summed E-state index contributed by atoms with van der Waals surface area (Å²) in [6, 6.07) is 17.5. The highest BCUT2D eigenvalue weighted by atomic mass is 32.2. The molecule has 0 atom stereocenters. The van der Waals surface area contributed by atoms with Crippen molar-refractivity contribution in [2.24, 2.45) is 7.05 Å². The van der Waals surface area contributed by atoms with Crippen LogP contribution >= 0.6 is 11.8 Å². The van der Waals surface area contributed by atoms with Gasteiger partial charge < -0.3 is 9.88 Å². The Hall–Kier alpha value is -3.46. The molecule has 0 unspecified atom stereocenters. The van der Waals surface area contributed by atoms with E-state index in [1.807, 2.05) is 50.4 Å². The fourth-order valence-corrected chi connectivity index (χ4v) is 3.67. The van der Waals surface area contributed by atoms with Gasteiger partial charge in [0.2, 0.25) is 5.91 Å². The molecule has 0 saturated carbocycles. The Kier molecular flexibility index (Phi) is 5.62. The zero-order valence-corrected chi connectivity index (χ0v) is 17.2. The maximum atomic E-state index is 13.1. The molecule has 7 nitrogen and oxygen atoms in total. The molecule has 0 bridgehead atoms. The Balaban J connectivity index is 1.44. The lowest BCUT2D eigenvalue weighted by Crippen LogP contribution is -2.17. The first-order valence-corrected chi connectivity index (χ1v) is 10.2. The summed E-state index contributed by atoms with van der Waals surface area (Å²) in [6.45, 7) is 1.88. The van der Waals surface area contributed by atoms with Crippen LogP contribution < -0.4 is 5.32 Å². The van der Waals surface area contributed by atoms with Crippen molar-refractivity contribution < 1.29 is 9.18 Å². The number of nitrogens with zero attached hydrogens (tertiary/aromatic N) is 5. The molecule has 0 saturated heterocycles. The van der Waals surface area contributed by atoms with Crippen LogP contribution in [0.15, 0.2) is 65.8 Å². The number of hydrogen-bond donors (Lipinski definition) is 1. The molecule has 9 heteroatoms. The molecule has 0 fully saturated rings. The molecule has 30 heavy (non-hydrogen) atoms. The Morgan fingerprint density at radius 3 is 2.57 bits per heavy atom. The highest BCUT2D eigenvalue weighted by Crippen LogP contribution is 2.23. The van der Waals surface area contributed by atoms with Gasteiger partial charge in [0.25, 0.3) is 0 Å². The van der Waals surface area contributed by atoms with Crippen molar-refractivity contribution in [3.8, 4) is 17.1 Å². The number of carbonyl (C=O) groups is 1. The lowest BCUT2D eigenvalue weighted by molar-refractivity contribution is -0.113. The number of aromatic nitrogens is 5. The highest BCUT2D eigenvalue weighted by molar-refractivity contribution is 7.99. The SMILES string of the molecule is Cc1cc(NC(=O)CSc2nnc(-c3ccc(F)cc3)n2C)n(-c2ccccc2)n1. The molecular formula is C21H19FN6OS. The van der Waals surface area contributed by atoms with E-state index in [4.69, 9.17) is 0 Å². The van der Waals surface area contributed by atoms with Crippen LogP contribution in [0.1, 0.15) is 5.69 Å². The second-order valence-corrected chi connectivity index (χ2v) is 7.57. The van der Waals surface area contributed by atoms with Gasteiger partial charge >= 0.3 is 0 Å². The predicted octanol–water partition coefficient (Wildman–Crippen LogP) is 3.85. The maximum absolute atomic E-state index is 13.1. The van der Waals surface area contributed by atoms with Crippen molar-refractivity contribution in [3.63, 3.8) is 0 Å². The summed E-state index contributed by atoms with van der Waals surface area (Å²) in [7, 11) is 1.81.